The number of fused-ring (bicyclic) bond motifs is 1. The van der Waals surface area contributed by atoms with Gasteiger partial charge in [-0.2, -0.15) is 0 Å². The summed E-state index contributed by atoms with van der Waals surface area (Å²) in [5.41, 5.74) is 0.953. The molecule has 5 rings (SSSR count). The number of ketones is 1. The number of hydrogen-bond donors (Lipinski definition) is 1. The first-order valence-corrected chi connectivity index (χ1v) is 12.3. The van der Waals surface area contributed by atoms with Crippen molar-refractivity contribution in [1.29, 1.82) is 0 Å². The zero-order valence-corrected chi connectivity index (χ0v) is 21.4. The van der Waals surface area contributed by atoms with E-state index in [1.54, 1.807) is 43.3 Å². The Morgan fingerprint density at radius 1 is 1.11 bits per heavy atom. The smallest absolute Gasteiger partial charge is 0.296 e. The summed E-state index contributed by atoms with van der Waals surface area (Å²) in [5, 5.41) is 11.3. The summed E-state index contributed by atoms with van der Waals surface area (Å²) in [7, 11) is 3.00. The first-order valence-electron chi connectivity index (χ1n) is 11.5. The van der Waals surface area contributed by atoms with Crippen LogP contribution in [0.2, 0.25) is 0 Å². The number of aliphatic hydroxyl groups is 1. The Bertz CT molecular complexity index is 1550. The van der Waals surface area contributed by atoms with E-state index in [4.69, 9.17) is 18.6 Å². The summed E-state index contributed by atoms with van der Waals surface area (Å²) in [6.45, 7) is 4.11. The van der Waals surface area contributed by atoms with E-state index in [0.29, 0.717) is 45.8 Å². The molecule has 1 atom stereocenters. The van der Waals surface area contributed by atoms with Crippen LogP contribution in [0.1, 0.15) is 34.8 Å². The number of aryl methyl sites for hydroxylation is 1. The van der Waals surface area contributed by atoms with Crippen LogP contribution >= 0.6 is 11.3 Å². The lowest BCUT2D eigenvalue weighted by Gasteiger charge is -2.26. The molecule has 1 amide bonds. The van der Waals surface area contributed by atoms with E-state index in [9.17, 15) is 14.7 Å². The van der Waals surface area contributed by atoms with Crippen LogP contribution < -0.4 is 19.1 Å². The minimum absolute atomic E-state index is 0.00576. The minimum Gasteiger partial charge on any atom is -0.503 e. The van der Waals surface area contributed by atoms with Gasteiger partial charge >= 0.3 is 0 Å². The van der Waals surface area contributed by atoms with Crippen molar-refractivity contribution >= 4 is 38.4 Å². The number of methoxy groups -OCH3 is 2. The summed E-state index contributed by atoms with van der Waals surface area (Å²) in [4.78, 5) is 33.1. The van der Waals surface area contributed by atoms with Crippen molar-refractivity contribution in [3.05, 3.63) is 76.9 Å². The Balaban J connectivity index is 1.70. The highest BCUT2D eigenvalue weighted by Gasteiger charge is 2.47. The third kappa shape index (κ3) is 4.19. The van der Waals surface area contributed by atoms with E-state index in [0.717, 1.165) is 4.70 Å². The third-order valence-corrected chi connectivity index (χ3v) is 7.03. The van der Waals surface area contributed by atoms with Gasteiger partial charge in [-0.15, -0.1) is 0 Å². The molecule has 0 bridgehead atoms. The molecule has 2 aromatic heterocycles. The Morgan fingerprint density at radius 3 is 2.57 bits per heavy atom. The molecule has 37 heavy (non-hydrogen) atoms. The lowest BCUT2D eigenvalue weighted by Crippen LogP contribution is -2.31. The van der Waals surface area contributed by atoms with Crippen molar-refractivity contribution < 1.29 is 33.3 Å². The number of carbonyl (C=O) groups is 2. The molecule has 0 saturated heterocycles. The molecule has 190 valence electrons. The summed E-state index contributed by atoms with van der Waals surface area (Å²) >= 11 is 1.25. The fourth-order valence-corrected chi connectivity index (χ4v) is 5.34. The van der Waals surface area contributed by atoms with Crippen LogP contribution in [0.25, 0.3) is 10.2 Å². The predicted molar refractivity (Wildman–Crippen MR) is 138 cm³/mol. The van der Waals surface area contributed by atoms with Crippen LogP contribution in [-0.4, -0.2) is 42.6 Å². The molecule has 0 fully saturated rings. The number of rotatable bonds is 8. The number of anilines is 1. The van der Waals surface area contributed by atoms with Gasteiger partial charge in [-0.25, -0.2) is 4.98 Å². The number of benzene rings is 2. The average Bonchev–Trinajstić information content (AvgIpc) is 3.59. The number of amides is 1. The van der Waals surface area contributed by atoms with Gasteiger partial charge in [0.25, 0.3) is 5.91 Å². The van der Waals surface area contributed by atoms with E-state index in [1.807, 2.05) is 13.0 Å². The van der Waals surface area contributed by atoms with Gasteiger partial charge in [0, 0.05) is 5.56 Å². The van der Waals surface area contributed by atoms with Crippen LogP contribution in [-0.2, 0) is 4.79 Å². The maximum atomic E-state index is 13.6. The van der Waals surface area contributed by atoms with Crippen LogP contribution in [0.3, 0.4) is 0 Å². The minimum atomic E-state index is -1.05. The largest absolute Gasteiger partial charge is 0.503 e. The molecule has 0 aliphatic carbocycles. The van der Waals surface area contributed by atoms with Gasteiger partial charge in [0.2, 0.25) is 5.78 Å². The van der Waals surface area contributed by atoms with E-state index in [-0.39, 0.29) is 11.3 Å². The summed E-state index contributed by atoms with van der Waals surface area (Å²) in [6, 6.07) is 12.6. The average molecular weight is 521 g/mol. The Kier molecular flexibility index (Phi) is 6.34. The predicted octanol–water partition coefficient (Wildman–Crippen LogP) is 5.40. The van der Waals surface area contributed by atoms with Gasteiger partial charge in [0.15, 0.2) is 16.7 Å². The second kappa shape index (κ2) is 9.62. The van der Waals surface area contributed by atoms with Crippen molar-refractivity contribution in [3.63, 3.8) is 0 Å². The lowest BCUT2D eigenvalue weighted by molar-refractivity contribution is -0.117. The molecule has 1 unspecified atom stereocenters. The summed E-state index contributed by atoms with van der Waals surface area (Å²) in [6.07, 6.45) is 0. The Morgan fingerprint density at radius 2 is 1.89 bits per heavy atom. The van der Waals surface area contributed by atoms with Crippen molar-refractivity contribution in [2.24, 2.45) is 0 Å². The quantitative estimate of drug-likeness (QED) is 0.308. The SMILES string of the molecule is CCOc1ccc2nc(N3C(=O)C(O)=C(C(=O)c4ccc(C)o4)C3c3cc(OC)ccc3OC)sc2c1. The molecular weight excluding hydrogens is 496 g/mol. The Hall–Kier alpha value is -4.31. The van der Waals surface area contributed by atoms with Crippen LogP contribution in [0, 0.1) is 6.92 Å². The number of Topliss-reactive ketones (excluding diaryl/α,β-unsaturated/α-hetero) is 1. The van der Waals surface area contributed by atoms with Gasteiger partial charge in [0.05, 0.1) is 36.6 Å². The first-order chi connectivity index (χ1) is 17.9. The number of hydrogen-bond acceptors (Lipinski definition) is 9. The standard InChI is InChI=1S/C27H24N2O7S/c1-5-35-16-7-9-18-21(13-16)37-27(28-18)29-23(17-12-15(33-3)8-11-19(17)34-4)22(25(31)26(29)32)24(30)20-10-6-14(2)36-20/h6-13,23,31H,5H2,1-4H3. The van der Waals surface area contributed by atoms with Gasteiger partial charge in [-0.05, 0) is 62.4 Å². The van der Waals surface area contributed by atoms with Crippen LogP contribution in [0.5, 0.6) is 17.2 Å². The van der Waals surface area contributed by atoms with Gasteiger partial charge in [-0.3, -0.25) is 14.5 Å². The van der Waals surface area contributed by atoms with Crippen LogP contribution in [0.4, 0.5) is 5.13 Å². The van der Waals surface area contributed by atoms with E-state index in [1.165, 1.54) is 36.5 Å². The number of aromatic nitrogens is 1. The topological polar surface area (TPSA) is 111 Å². The summed E-state index contributed by atoms with van der Waals surface area (Å²) < 4.78 is 22.9. The van der Waals surface area contributed by atoms with Crippen molar-refractivity contribution in [2.75, 3.05) is 25.7 Å². The molecule has 2 aromatic carbocycles. The molecule has 0 saturated carbocycles. The molecule has 1 aliphatic heterocycles. The fourth-order valence-electron chi connectivity index (χ4n) is 4.32. The fraction of sp³-hybridized carbons (Fsp3) is 0.222. The molecule has 4 aromatic rings. The number of ether oxygens (including phenoxy) is 3. The molecule has 1 N–H and O–H groups in total. The highest BCUT2D eigenvalue weighted by atomic mass is 32.1. The van der Waals surface area contributed by atoms with E-state index < -0.39 is 23.5 Å². The van der Waals surface area contributed by atoms with Gasteiger partial charge in [0.1, 0.15) is 29.1 Å². The van der Waals surface area contributed by atoms with Crippen molar-refractivity contribution in [2.45, 2.75) is 19.9 Å². The third-order valence-electron chi connectivity index (χ3n) is 6.01. The molecule has 1 aliphatic rings. The number of thiazole rings is 1. The maximum Gasteiger partial charge on any atom is 0.296 e. The zero-order valence-electron chi connectivity index (χ0n) is 20.6. The molecular formula is C27H24N2O7S. The maximum absolute atomic E-state index is 13.6. The first kappa shape index (κ1) is 24.4. The second-order valence-electron chi connectivity index (χ2n) is 8.25. The van der Waals surface area contributed by atoms with Gasteiger partial charge < -0.3 is 23.7 Å². The summed E-state index contributed by atoms with van der Waals surface area (Å²) in [5.74, 6) is 0.0429. The molecule has 3 heterocycles. The van der Waals surface area contributed by atoms with Crippen LogP contribution in [0.15, 0.2) is 64.3 Å². The number of aliphatic hydroxyl groups excluding tert-OH is 1. The number of nitrogens with zero attached hydrogens (tertiary/aromatic N) is 2. The number of furan rings is 1. The molecule has 0 radical (unpaired) electrons. The lowest BCUT2D eigenvalue weighted by atomic mass is 9.94. The normalized spacial score (nSPS) is 15.5. The zero-order chi connectivity index (χ0) is 26.3. The monoisotopic (exact) mass is 520 g/mol. The van der Waals surface area contributed by atoms with E-state index >= 15 is 0 Å². The molecule has 9 nitrogen and oxygen atoms in total. The van der Waals surface area contributed by atoms with E-state index in [2.05, 4.69) is 4.98 Å². The van der Waals surface area contributed by atoms with Crippen molar-refractivity contribution in [1.82, 2.24) is 4.98 Å². The Labute approximate surface area is 216 Å². The number of carbonyl (C=O) groups excluding carboxylic acids is 2. The highest BCUT2D eigenvalue weighted by molar-refractivity contribution is 7.22. The molecule has 0 spiro atoms. The molecule has 10 heteroatoms. The van der Waals surface area contributed by atoms with Crippen molar-refractivity contribution in [3.8, 4) is 17.2 Å². The van der Waals surface area contributed by atoms with Gasteiger partial charge in [-0.1, -0.05) is 11.3 Å². The second-order valence-corrected chi connectivity index (χ2v) is 9.26. The highest BCUT2D eigenvalue weighted by Crippen LogP contribution is 2.47.